The first kappa shape index (κ1) is 8.12. The highest BCUT2D eigenvalue weighted by atomic mass is 32.2. The summed E-state index contributed by atoms with van der Waals surface area (Å²) in [4.78, 5) is 11.2. The second-order valence-corrected chi connectivity index (χ2v) is 3.75. The number of ketones is 1. The summed E-state index contributed by atoms with van der Waals surface area (Å²) in [6, 6.07) is 0. The first-order valence-electron chi connectivity index (χ1n) is 3.86. The second-order valence-electron chi connectivity index (χ2n) is 2.88. The normalized spacial score (nSPS) is 19.7. The van der Waals surface area contributed by atoms with E-state index in [2.05, 4.69) is 0 Å². The van der Waals surface area contributed by atoms with Crippen LogP contribution < -0.4 is 0 Å². The lowest BCUT2D eigenvalue weighted by molar-refractivity contribution is -0.120. The predicted molar refractivity (Wildman–Crippen MR) is 45.3 cm³/mol. The molecule has 1 aliphatic rings. The molecule has 0 N–H and O–H groups in total. The third-order valence-corrected chi connectivity index (χ3v) is 2.67. The van der Waals surface area contributed by atoms with Crippen LogP contribution in [0.5, 0.6) is 0 Å². The molecule has 1 aliphatic carbocycles. The average molecular weight is 158 g/mol. The van der Waals surface area contributed by atoms with Crippen LogP contribution in [-0.2, 0) is 4.79 Å². The topological polar surface area (TPSA) is 17.1 Å². The van der Waals surface area contributed by atoms with Crippen LogP contribution >= 0.6 is 11.8 Å². The van der Waals surface area contributed by atoms with Gasteiger partial charge >= 0.3 is 0 Å². The highest BCUT2D eigenvalue weighted by Crippen LogP contribution is 2.26. The zero-order valence-corrected chi connectivity index (χ0v) is 7.25. The zero-order chi connectivity index (χ0) is 7.40. The Hall–Kier alpha value is 0.0200. The first-order valence-corrected chi connectivity index (χ1v) is 5.25. The van der Waals surface area contributed by atoms with Gasteiger partial charge < -0.3 is 0 Å². The summed E-state index contributed by atoms with van der Waals surface area (Å²) in [6.07, 6.45) is 6.83. The molecule has 0 aromatic heterocycles. The van der Waals surface area contributed by atoms with Crippen LogP contribution in [0.4, 0.5) is 0 Å². The van der Waals surface area contributed by atoms with Gasteiger partial charge in [0, 0.05) is 5.92 Å². The summed E-state index contributed by atoms with van der Waals surface area (Å²) >= 11 is 1.65. The summed E-state index contributed by atoms with van der Waals surface area (Å²) in [6.45, 7) is 0. The van der Waals surface area contributed by atoms with E-state index >= 15 is 0 Å². The number of carbonyl (C=O) groups excluding carboxylic acids is 1. The van der Waals surface area contributed by atoms with Gasteiger partial charge in [-0.1, -0.05) is 12.8 Å². The lowest BCUT2D eigenvalue weighted by Gasteiger charge is -2.04. The molecule has 0 aromatic carbocycles. The van der Waals surface area contributed by atoms with E-state index in [0.717, 1.165) is 18.6 Å². The molecule has 0 aromatic rings. The molecule has 1 rings (SSSR count). The number of hydrogen-bond donors (Lipinski definition) is 0. The third kappa shape index (κ3) is 2.01. The van der Waals surface area contributed by atoms with Crippen LogP contribution in [0.15, 0.2) is 0 Å². The van der Waals surface area contributed by atoms with Crippen molar-refractivity contribution in [3.63, 3.8) is 0 Å². The van der Waals surface area contributed by atoms with Gasteiger partial charge in [0.25, 0.3) is 0 Å². The van der Waals surface area contributed by atoms with E-state index in [1.807, 2.05) is 6.26 Å². The lowest BCUT2D eigenvalue weighted by atomic mass is 10.0. The number of thioether (sulfide) groups is 1. The molecule has 10 heavy (non-hydrogen) atoms. The number of Topliss-reactive ketones (excluding diaryl/α,β-unsaturated/α-hetero) is 1. The van der Waals surface area contributed by atoms with Crippen molar-refractivity contribution >= 4 is 17.5 Å². The van der Waals surface area contributed by atoms with E-state index in [1.165, 1.54) is 12.8 Å². The van der Waals surface area contributed by atoms with Gasteiger partial charge in [0.1, 0.15) is 5.78 Å². The second kappa shape index (κ2) is 4.02. The fraction of sp³-hybridized carbons (Fsp3) is 0.875. The monoisotopic (exact) mass is 158 g/mol. The minimum atomic E-state index is 0.424. The SMILES string of the molecule is CSCC(=O)C1CCCC1. The van der Waals surface area contributed by atoms with Crippen molar-refractivity contribution in [2.75, 3.05) is 12.0 Å². The molecular formula is C8H14OS. The maximum atomic E-state index is 11.2. The van der Waals surface area contributed by atoms with Crippen molar-refractivity contribution in [2.45, 2.75) is 25.7 Å². The molecule has 0 atom stereocenters. The Balaban J connectivity index is 2.25. The average Bonchev–Trinajstić information content (AvgIpc) is 2.38. The molecule has 0 unspecified atom stereocenters. The van der Waals surface area contributed by atoms with Crippen LogP contribution in [0.1, 0.15) is 25.7 Å². The van der Waals surface area contributed by atoms with E-state index in [1.54, 1.807) is 11.8 Å². The summed E-state index contributed by atoms with van der Waals surface area (Å²) in [5.74, 6) is 1.63. The van der Waals surface area contributed by atoms with Crippen LogP contribution in [0, 0.1) is 5.92 Å². The molecule has 1 nitrogen and oxygen atoms in total. The van der Waals surface area contributed by atoms with E-state index in [9.17, 15) is 4.79 Å². The summed E-state index contributed by atoms with van der Waals surface area (Å²) in [5.41, 5.74) is 0. The Morgan fingerprint density at radius 1 is 1.50 bits per heavy atom. The Bertz CT molecular complexity index is 116. The number of carbonyl (C=O) groups is 1. The fourth-order valence-corrected chi connectivity index (χ4v) is 2.03. The summed E-state index contributed by atoms with van der Waals surface area (Å²) in [5, 5.41) is 0. The Morgan fingerprint density at radius 3 is 2.60 bits per heavy atom. The van der Waals surface area contributed by atoms with Gasteiger partial charge in [-0.3, -0.25) is 4.79 Å². The van der Waals surface area contributed by atoms with E-state index in [-0.39, 0.29) is 0 Å². The standard InChI is InChI=1S/C8H14OS/c1-10-6-8(9)7-4-2-3-5-7/h7H,2-6H2,1H3. The van der Waals surface area contributed by atoms with Crippen molar-refractivity contribution < 1.29 is 4.79 Å². The molecular weight excluding hydrogens is 144 g/mol. The molecule has 0 heterocycles. The van der Waals surface area contributed by atoms with Gasteiger partial charge in [-0.2, -0.15) is 11.8 Å². The van der Waals surface area contributed by atoms with Crippen molar-refractivity contribution in [1.82, 2.24) is 0 Å². The lowest BCUT2D eigenvalue weighted by Crippen LogP contribution is -2.12. The highest BCUT2D eigenvalue weighted by molar-refractivity contribution is 7.99. The molecule has 0 aliphatic heterocycles. The van der Waals surface area contributed by atoms with Gasteiger partial charge in [0.05, 0.1) is 5.75 Å². The van der Waals surface area contributed by atoms with Crippen molar-refractivity contribution in [3.05, 3.63) is 0 Å². The van der Waals surface area contributed by atoms with Crippen LogP contribution in [-0.4, -0.2) is 17.8 Å². The van der Waals surface area contributed by atoms with E-state index in [0.29, 0.717) is 11.7 Å². The molecule has 0 spiro atoms. The van der Waals surface area contributed by atoms with Crippen molar-refractivity contribution in [1.29, 1.82) is 0 Å². The molecule has 0 amide bonds. The molecule has 2 heteroatoms. The fourth-order valence-electron chi connectivity index (χ4n) is 1.51. The predicted octanol–water partition coefficient (Wildman–Crippen LogP) is 2.11. The van der Waals surface area contributed by atoms with E-state index in [4.69, 9.17) is 0 Å². The van der Waals surface area contributed by atoms with Crippen LogP contribution in [0.3, 0.4) is 0 Å². The van der Waals surface area contributed by atoms with Gasteiger partial charge in [0.2, 0.25) is 0 Å². The summed E-state index contributed by atoms with van der Waals surface area (Å²) < 4.78 is 0. The third-order valence-electron chi connectivity index (χ3n) is 2.10. The molecule has 0 radical (unpaired) electrons. The Labute approximate surface area is 66.6 Å². The Morgan fingerprint density at radius 2 is 2.10 bits per heavy atom. The maximum absolute atomic E-state index is 11.2. The van der Waals surface area contributed by atoms with Gasteiger partial charge in [-0.05, 0) is 19.1 Å². The van der Waals surface area contributed by atoms with Gasteiger partial charge in [-0.25, -0.2) is 0 Å². The first-order chi connectivity index (χ1) is 4.84. The van der Waals surface area contributed by atoms with Crippen LogP contribution in [0.2, 0.25) is 0 Å². The summed E-state index contributed by atoms with van der Waals surface area (Å²) in [7, 11) is 0. The zero-order valence-electron chi connectivity index (χ0n) is 6.43. The maximum Gasteiger partial charge on any atom is 0.145 e. The highest BCUT2D eigenvalue weighted by Gasteiger charge is 2.21. The van der Waals surface area contributed by atoms with Gasteiger partial charge in [0.15, 0.2) is 0 Å². The van der Waals surface area contributed by atoms with E-state index < -0.39 is 0 Å². The molecule has 1 fully saturated rings. The van der Waals surface area contributed by atoms with Crippen molar-refractivity contribution in [2.24, 2.45) is 5.92 Å². The van der Waals surface area contributed by atoms with Crippen LogP contribution in [0.25, 0.3) is 0 Å². The largest absolute Gasteiger partial charge is 0.298 e. The molecule has 1 saturated carbocycles. The Kier molecular flexibility index (Phi) is 3.26. The minimum Gasteiger partial charge on any atom is -0.298 e. The van der Waals surface area contributed by atoms with Gasteiger partial charge in [-0.15, -0.1) is 0 Å². The number of rotatable bonds is 3. The molecule has 58 valence electrons. The molecule has 0 saturated heterocycles. The quantitative estimate of drug-likeness (QED) is 0.625. The molecule has 0 bridgehead atoms. The minimum absolute atomic E-state index is 0.424. The van der Waals surface area contributed by atoms with Crippen molar-refractivity contribution in [3.8, 4) is 0 Å². The number of hydrogen-bond acceptors (Lipinski definition) is 2. The smallest absolute Gasteiger partial charge is 0.145 e.